The second-order valence-corrected chi connectivity index (χ2v) is 3.92. The molecule has 0 aromatic carbocycles. The van der Waals surface area contributed by atoms with E-state index >= 15 is 0 Å². The lowest BCUT2D eigenvalue weighted by Gasteiger charge is -2.27. The van der Waals surface area contributed by atoms with Crippen LogP contribution in [0.4, 0.5) is 0 Å². The van der Waals surface area contributed by atoms with Gasteiger partial charge >= 0.3 is 0 Å². The Morgan fingerprint density at radius 2 is 2.31 bits per heavy atom. The number of likely N-dealkylation sites (tertiary alicyclic amines) is 1. The molecule has 2 unspecified atom stereocenters. The van der Waals surface area contributed by atoms with E-state index in [0.717, 1.165) is 25.2 Å². The van der Waals surface area contributed by atoms with E-state index in [0.29, 0.717) is 6.04 Å². The maximum absolute atomic E-state index is 9.39. The second-order valence-electron chi connectivity index (χ2n) is 3.92. The summed E-state index contributed by atoms with van der Waals surface area (Å²) in [5, 5.41) is 9.39. The van der Waals surface area contributed by atoms with Crippen LogP contribution in [0.2, 0.25) is 0 Å². The van der Waals surface area contributed by atoms with Crippen molar-refractivity contribution in [2.75, 3.05) is 20.1 Å². The normalized spacial score (nSPS) is 25.3. The molecule has 0 aromatic heterocycles. The zero-order valence-electron chi connectivity index (χ0n) is 8.82. The molecule has 3 heteroatoms. The van der Waals surface area contributed by atoms with E-state index in [9.17, 15) is 5.11 Å². The van der Waals surface area contributed by atoms with Crippen molar-refractivity contribution in [1.29, 1.82) is 0 Å². The molecule has 0 aromatic rings. The molecule has 0 saturated carbocycles. The topological polar surface area (TPSA) is 26.7 Å². The number of nitrogens with zero attached hydrogens (tertiary/aromatic N) is 2. The van der Waals surface area contributed by atoms with E-state index in [1.165, 1.54) is 0 Å². The number of allylic oxidation sites excluding steroid dienone is 1. The van der Waals surface area contributed by atoms with E-state index in [2.05, 4.69) is 11.5 Å². The third-order valence-corrected chi connectivity index (χ3v) is 2.87. The van der Waals surface area contributed by atoms with E-state index in [-0.39, 0.29) is 6.23 Å². The maximum atomic E-state index is 9.39. The molecule has 0 bridgehead atoms. The van der Waals surface area contributed by atoms with Crippen molar-refractivity contribution >= 4 is 0 Å². The van der Waals surface area contributed by atoms with Crippen LogP contribution in [0.1, 0.15) is 20.3 Å². The molecule has 0 amide bonds. The number of hydrogen-bond donors (Lipinski definition) is 1. The average Bonchev–Trinajstić information content (AvgIpc) is 2.50. The Bertz CT molecular complexity index is 191. The molecule has 1 fully saturated rings. The molecule has 3 nitrogen and oxygen atoms in total. The van der Waals surface area contributed by atoms with Gasteiger partial charge < -0.3 is 10.0 Å². The summed E-state index contributed by atoms with van der Waals surface area (Å²) in [6, 6.07) is 0.469. The highest BCUT2D eigenvalue weighted by Gasteiger charge is 2.26. The molecule has 1 aliphatic rings. The lowest BCUT2D eigenvalue weighted by molar-refractivity contribution is 0.0117. The average molecular weight is 184 g/mol. The van der Waals surface area contributed by atoms with Gasteiger partial charge in [-0.25, -0.2) is 0 Å². The lowest BCUT2D eigenvalue weighted by Crippen LogP contribution is -2.40. The van der Waals surface area contributed by atoms with Crippen LogP contribution >= 0.6 is 0 Å². The largest absolute Gasteiger partial charge is 0.379 e. The Kier molecular flexibility index (Phi) is 3.33. The molecule has 1 rings (SSSR count). The molecular weight excluding hydrogens is 164 g/mol. The van der Waals surface area contributed by atoms with Crippen LogP contribution < -0.4 is 0 Å². The van der Waals surface area contributed by atoms with Crippen LogP contribution in [0.25, 0.3) is 0 Å². The first-order chi connectivity index (χ1) is 6.02. The highest BCUT2D eigenvalue weighted by molar-refractivity contribution is 4.95. The Labute approximate surface area is 80.6 Å². The summed E-state index contributed by atoms with van der Waals surface area (Å²) >= 11 is 0. The van der Waals surface area contributed by atoms with Crippen molar-refractivity contribution < 1.29 is 5.11 Å². The van der Waals surface area contributed by atoms with E-state index in [4.69, 9.17) is 0 Å². The van der Waals surface area contributed by atoms with Crippen LogP contribution in [-0.2, 0) is 0 Å². The molecule has 2 atom stereocenters. The molecule has 13 heavy (non-hydrogen) atoms. The van der Waals surface area contributed by atoms with Gasteiger partial charge in [0.25, 0.3) is 0 Å². The molecule has 76 valence electrons. The minimum atomic E-state index is -0.352. The predicted molar refractivity (Wildman–Crippen MR) is 54.2 cm³/mol. The van der Waals surface area contributed by atoms with Crippen LogP contribution in [-0.4, -0.2) is 47.3 Å². The fourth-order valence-corrected chi connectivity index (χ4v) is 1.73. The minimum Gasteiger partial charge on any atom is -0.379 e. The fraction of sp³-hybridized carbons (Fsp3) is 0.800. The quantitative estimate of drug-likeness (QED) is 0.659. The molecular formula is C10H20N2O. The number of likely N-dealkylation sites (N-methyl/N-ethyl adjacent to an activating group) is 1. The van der Waals surface area contributed by atoms with Crippen molar-refractivity contribution in [3.8, 4) is 0 Å². The molecule has 1 heterocycles. The highest BCUT2D eigenvalue weighted by atomic mass is 16.3. The zero-order chi connectivity index (χ0) is 10.0. The SMILES string of the molecule is C=C(C)N1CCC(N(C)C(C)O)C1. The standard InChI is InChI=1S/C10H20N2O/c1-8(2)12-6-5-10(7-12)11(4)9(3)13/h9-10,13H,1,5-7H2,2-4H3. The Morgan fingerprint density at radius 3 is 2.69 bits per heavy atom. The fourth-order valence-electron chi connectivity index (χ4n) is 1.73. The van der Waals surface area contributed by atoms with Crippen molar-refractivity contribution in [1.82, 2.24) is 9.80 Å². The molecule has 0 radical (unpaired) electrons. The van der Waals surface area contributed by atoms with Gasteiger partial charge in [0.1, 0.15) is 6.23 Å². The maximum Gasteiger partial charge on any atom is 0.104 e. The van der Waals surface area contributed by atoms with E-state index < -0.39 is 0 Å². The van der Waals surface area contributed by atoms with Crippen molar-refractivity contribution in [3.63, 3.8) is 0 Å². The lowest BCUT2D eigenvalue weighted by atomic mass is 10.2. The van der Waals surface area contributed by atoms with E-state index in [1.54, 1.807) is 0 Å². The summed E-state index contributed by atoms with van der Waals surface area (Å²) in [7, 11) is 1.97. The minimum absolute atomic E-state index is 0.352. The smallest absolute Gasteiger partial charge is 0.104 e. The van der Waals surface area contributed by atoms with Gasteiger partial charge in [0.15, 0.2) is 0 Å². The Hall–Kier alpha value is -0.540. The van der Waals surface area contributed by atoms with Crippen molar-refractivity contribution in [3.05, 3.63) is 12.3 Å². The van der Waals surface area contributed by atoms with Gasteiger partial charge in [-0.15, -0.1) is 0 Å². The molecule has 0 aliphatic carbocycles. The summed E-state index contributed by atoms with van der Waals surface area (Å²) in [6.45, 7) is 9.83. The summed E-state index contributed by atoms with van der Waals surface area (Å²) in [6.07, 6.45) is 0.768. The third kappa shape index (κ3) is 2.45. The van der Waals surface area contributed by atoms with Crippen LogP contribution in [0.5, 0.6) is 0 Å². The first-order valence-electron chi connectivity index (χ1n) is 4.83. The van der Waals surface area contributed by atoms with Gasteiger partial charge in [0.2, 0.25) is 0 Å². The van der Waals surface area contributed by atoms with Gasteiger partial charge in [-0.2, -0.15) is 0 Å². The monoisotopic (exact) mass is 184 g/mol. The van der Waals surface area contributed by atoms with Crippen LogP contribution in [0, 0.1) is 0 Å². The van der Waals surface area contributed by atoms with Gasteiger partial charge in [-0.3, -0.25) is 4.90 Å². The van der Waals surface area contributed by atoms with Gasteiger partial charge in [0, 0.05) is 24.8 Å². The molecule has 0 spiro atoms. The van der Waals surface area contributed by atoms with E-state index in [1.807, 2.05) is 25.8 Å². The first-order valence-corrected chi connectivity index (χ1v) is 4.83. The zero-order valence-corrected chi connectivity index (χ0v) is 8.82. The number of aliphatic hydroxyl groups is 1. The summed E-state index contributed by atoms with van der Waals surface area (Å²) in [5.74, 6) is 0. The summed E-state index contributed by atoms with van der Waals surface area (Å²) < 4.78 is 0. The predicted octanol–water partition coefficient (Wildman–Crippen LogP) is 0.864. The first kappa shape index (κ1) is 10.5. The summed E-state index contributed by atoms with van der Waals surface area (Å²) in [5.41, 5.74) is 1.13. The Balaban J connectivity index is 2.45. The van der Waals surface area contributed by atoms with Crippen molar-refractivity contribution in [2.24, 2.45) is 0 Å². The highest BCUT2D eigenvalue weighted by Crippen LogP contribution is 2.18. The summed E-state index contributed by atoms with van der Waals surface area (Å²) in [4.78, 5) is 4.28. The van der Waals surface area contributed by atoms with Crippen molar-refractivity contribution in [2.45, 2.75) is 32.5 Å². The molecule has 1 N–H and O–H groups in total. The van der Waals surface area contributed by atoms with Gasteiger partial charge in [0.05, 0.1) is 0 Å². The second kappa shape index (κ2) is 4.11. The third-order valence-electron chi connectivity index (χ3n) is 2.87. The molecule has 1 saturated heterocycles. The van der Waals surface area contributed by atoms with Crippen LogP contribution in [0.3, 0.4) is 0 Å². The molecule has 1 aliphatic heterocycles. The number of hydrogen-bond acceptors (Lipinski definition) is 3. The van der Waals surface area contributed by atoms with Gasteiger partial charge in [-0.1, -0.05) is 6.58 Å². The Morgan fingerprint density at radius 1 is 1.69 bits per heavy atom. The van der Waals surface area contributed by atoms with Crippen LogP contribution in [0.15, 0.2) is 12.3 Å². The number of rotatable bonds is 3. The number of aliphatic hydroxyl groups excluding tert-OH is 1. The van der Waals surface area contributed by atoms with Gasteiger partial charge in [-0.05, 0) is 27.3 Å².